The molecule has 5 heteroatoms. The molecule has 0 spiro atoms. The van der Waals surface area contributed by atoms with Gasteiger partial charge in [-0.25, -0.2) is 0 Å². The number of benzene rings is 2. The highest BCUT2D eigenvalue weighted by Crippen LogP contribution is 2.38. The van der Waals surface area contributed by atoms with Crippen molar-refractivity contribution in [1.29, 1.82) is 0 Å². The topological polar surface area (TPSA) is 62.0 Å². The first-order valence-electron chi connectivity index (χ1n) is 6.86. The van der Waals surface area contributed by atoms with Crippen molar-refractivity contribution in [1.82, 2.24) is 4.98 Å². The molecule has 1 aliphatic rings. The fraction of sp³-hybridized carbons (Fsp3) is 0.0588. The highest BCUT2D eigenvalue weighted by molar-refractivity contribution is 6.30. The number of anilines is 1. The summed E-state index contributed by atoms with van der Waals surface area (Å²) in [4.78, 5) is 26.4. The van der Waals surface area contributed by atoms with E-state index >= 15 is 0 Å². The third kappa shape index (κ3) is 2.00. The van der Waals surface area contributed by atoms with Gasteiger partial charge in [0.1, 0.15) is 0 Å². The van der Waals surface area contributed by atoms with Crippen LogP contribution in [0.5, 0.6) is 0 Å². The smallest absolute Gasteiger partial charge is 0.248 e. The largest absolute Gasteiger partial charge is 0.325 e. The fourth-order valence-corrected chi connectivity index (χ4v) is 3.12. The molecule has 0 radical (unpaired) electrons. The Morgan fingerprint density at radius 1 is 0.955 bits per heavy atom. The molecule has 0 fully saturated rings. The fourth-order valence-electron chi connectivity index (χ4n) is 2.92. The zero-order chi connectivity index (χ0) is 15.3. The minimum Gasteiger partial charge on any atom is -0.325 e. The van der Waals surface area contributed by atoms with Gasteiger partial charge >= 0.3 is 0 Å². The molecule has 2 N–H and O–H groups in total. The molecule has 4 rings (SSSR count). The zero-order valence-corrected chi connectivity index (χ0v) is 12.2. The quantitative estimate of drug-likeness (QED) is 0.669. The molecule has 0 saturated carbocycles. The Hall–Kier alpha value is -2.59. The molecule has 108 valence electrons. The van der Waals surface area contributed by atoms with E-state index in [1.54, 1.807) is 6.07 Å². The van der Waals surface area contributed by atoms with Gasteiger partial charge in [0, 0.05) is 22.0 Å². The van der Waals surface area contributed by atoms with Crippen LogP contribution in [-0.2, 0) is 11.2 Å². The number of carbonyl (C=O) groups is 1. The Bertz CT molecular complexity index is 992. The molecule has 22 heavy (non-hydrogen) atoms. The molecule has 0 saturated heterocycles. The van der Waals surface area contributed by atoms with Crippen LogP contribution in [0.2, 0.25) is 5.02 Å². The summed E-state index contributed by atoms with van der Waals surface area (Å²) in [6.45, 7) is 0. The Balaban J connectivity index is 2.09. The maximum absolute atomic E-state index is 12.2. The van der Waals surface area contributed by atoms with E-state index in [0.717, 1.165) is 27.8 Å². The molecule has 0 aliphatic carbocycles. The molecule has 1 aromatic heterocycles. The molecule has 3 aromatic rings. The number of fused-ring (bicyclic) bond motifs is 5. The first-order chi connectivity index (χ1) is 10.6. The number of nitrogens with one attached hydrogen (secondary N) is 2. The van der Waals surface area contributed by atoms with Gasteiger partial charge in [-0.2, -0.15) is 0 Å². The number of hydrogen-bond acceptors (Lipinski definition) is 2. The van der Waals surface area contributed by atoms with Crippen LogP contribution in [0.3, 0.4) is 0 Å². The van der Waals surface area contributed by atoms with Gasteiger partial charge in [-0.15, -0.1) is 0 Å². The number of aromatic nitrogens is 1. The Labute approximate surface area is 130 Å². The monoisotopic (exact) mass is 310 g/mol. The number of aromatic amines is 1. The normalized spacial score (nSPS) is 13.2. The van der Waals surface area contributed by atoms with Crippen molar-refractivity contribution in [3.63, 3.8) is 0 Å². The van der Waals surface area contributed by atoms with Crippen LogP contribution in [-0.4, -0.2) is 10.9 Å². The van der Waals surface area contributed by atoms with E-state index in [9.17, 15) is 9.59 Å². The van der Waals surface area contributed by atoms with Gasteiger partial charge in [0.15, 0.2) is 0 Å². The first-order valence-corrected chi connectivity index (χ1v) is 7.24. The van der Waals surface area contributed by atoms with Crippen LogP contribution in [0.25, 0.3) is 22.0 Å². The highest BCUT2D eigenvalue weighted by atomic mass is 35.5. The second-order valence-electron chi connectivity index (χ2n) is 5.30. The van der Waals surface area contributed by atoms with Gasteiger partial charge in [-0.1, -0.05) is 23.7 Å². The van der Waals surface area contributed by atoms with E-state index < -0.39 is 0 Å². The van der Waals surface area contributed by atoms with Crippen molar-refractivity contribution in [3.8, 4) is 11.1 Å². The average molecular weight is 311 g/mol. The molecule has 1 aliphatic heterocycles. The number of carbonyl (C=O) groups excluding carboxylic acids is 1. The molecule has 4 nitrogen and oxygen atoms in total. The van der Waals surface area contributed by atoms with Crippen molar-refractivity contribution in [2.24, 2.45) is 0 Å². The summed E-state index contributed by atoms with van der Waals surface area (Å²) in [6.07, 6.45) is 0.273. The Morgan fingerprint density at radius 3 is 2.64 bits per heavy atom. The maximum Gasteiger partial charge on any atom is 0.248 e. The van der Waals surface area contributed by atoms with E-state index in [1.165, 1.54) is 6.07 Å². The van der Waals surface area contributed by atoms with Crippen molar-refractivity contribution in [3.05, 3.63) is 63.4 Å². The summed E-state index contributed by atoms with van der Waals surface area (Å²) in [7, 11) is 0. The third-order valence-electron chi connectivity index (χ3n) is 3.88. The minimum atomic E-state index is -0.167. The van der Waals surface area contributed by atoms with Crippen molar-refractivity contribution >= 4 is 34.1 Å². The first kappa shape index (κ1) is 13.1. The van der Waals surface area contributed by atoms with E-state index in [4.69, 9.17) is 11.6 Å². The van der Waals surface area contributed by atoms with Gasteiger partial charge in [0.25, 0.3) is 0 Å². The van der Waals surface area contributed by atoms with Crippen molar-refractivity contribution in [2.75, 3.05) is 5.32 Å². The molecule has 2 heterocycles. The van der Waals surface area contributed by atoms with Crippen molar-refractivity contribution in [2.45, 2.75) is 6.42 Å². The number of amides is 1. The highest BCUT2D eigenvalue weighted by Gasteiger charge is 2.20. The summed E-state index contributed by atoms with van der Waals surface area (Å²) in [5.74, 6) is -0.0963. The second kappa shape index (κ2) is 4.71. The van der Waals surface area contributed by atoms with Crippen LogP contribution in [0.4, 0.5) is 5.69 Å². The summed E-state index contributed by atoms with van der Waals surface area (Å²) in [6, 6.07) is 12.5. The van der Waals surface area contributed by atoms with Crippen LogP contribution >= 0.6 is 11.6 Å². The molecular weight excluding hydrogens is 300 g/mol. The third-order valence-corrected chi connectivity index (χ3v) is 4.11. The zero-order valence-electron chi connectivity index (χ0n) is 11.4. The number of H-pyrrole nitrogens is 1. The van der Waals surface area contributed by atoms with E-state index in [2.05, 4.69) is 10.3 Å². The van der Waals surface area contributed by atoms with Crippen molar-refractivity contribution < 1.29 is 4.79 Å². The number of halogens is 1. The van der Waals surface area contributed by atoms with Crippen LogP contribution in [0.15, 0.2) is 47.3 Å². The number of rotatable bonds is 0. The Kier molecular flexibility index (Phi) is 2.81. The average Bonchev–Trinajstić information content (AvgIpc) is 2.61. The Morgan fingerprint density at radius 2 is 1.77 bits per heavy atom. The lowest BCUT2D eigenvalue weighted by molar-refractivity contribution is -0.115. The van der Waals surface area contributed by atoms with Gasteiger partial charge < -0.3 is 10.3 Å². The maximum atomic E-state index is 12.2. The SMILES string of the molecule is O=C1Cc2cc(Cl)ccc2-c2ccc3[nH]c(=O)ccc3c2N1. The molecule has 0 unspecified atom stereocenters. The van der Waals surface area contributed by atoms with Crippen LogP contribution < -0.4 is 10.9 Å². The predicted molar refractivity (Wildman–Crippen MR) is 87.3 cm³/mol. The van der Waals surface area contributed by atoms with Crippen LogP contribution in [0, 0.1) is 0 Å². The second-order valence-corrected chi connectivity index (χ2v) is 5.73. The lowest BCUT2D eigenvalue weighted by atomic mass is 9.96. The minimum absolute atomic E-state index is 0.0963. The summed E-state index contributed by atoms with van der Waals surface area (Å²) in [5.41, 5.74) is 4.05. The van der Waals surface area contributed by atoms with Gasteiger partial charge in [-0.3, -0.25) is 9.59 Å². The predicted octanol–water partition coefficient (Wildman–Crippen LogP) is 3.34. The summed E-state index contributed by atoms with van der Waals surface area (Å²) < 4.78 is 0. The van der Waals surface area contributed by atoms with Gasteiger partial charge in [-0.05, 0) is 35.4 Å². The summed E-state index contributed by atoms with van der Waals surface area (Å²) >= 11 is 6.05. The molecule has 2 aromatic carbocycles. The number of pyridine rings is 1. The molecule has 0 atom stereocenters. The standard InChI is InChI=1S/C17H11ClN2O2/c18-10-1-2-11-9(7-10)8-16(22)20-17-12(11)3-5-14-13(17)4-6-15(21)19-14/h1-7H,8H2,(H,19,21)(H,20,22). The van der Waals surface area contributed by atoms with E-state index in [-0.39, 0.29) is 17.9 Å². The van der Waals surface area contributed by atoms with Gasteiger partial charge in [0.05, 0.1) is 17.6 Å². The lowest BCUT2D eigenvalue weighted by Gasteiger charge is -2.12. The molecular formula is C17H11ClN2O2. The van der Waals surface area contributed by atoms with Crippen LogP contribution in [0.1, 0.15) is 5.56 Å². The summed E-state index contributed by atoms with van der Waals surface area (Å²) in [5, 5.41) is 4.37. The van der Waals surface area contributed by atoms with Gasteiger partial charge in [0.2, 0.25) is 11.5 Å². The van der Waals surface area contributed by atoms with E-state index in [1.807, 2.05) is 30.3 Å². The molecule has 0 bridgehead atoms. The lowest BCUT2D eigenvalue weighted by Crippen LogP contribution is -2.13. The molecule has 1 amide bonds. The van der Waals surface area contributed by atoms with E-state index in [0.29, 0.717) is 10.5 Å². The number of hydrogen-bond donors (Lipinski definition) is 2.